The van der Waals surface area contributed by atoms with Gasteiger partial charge < -0.3 is 15.2 Å². The first-order chi connectivity index (χ1) is 9.68. The minimum atomic E-state index is -0.415. The Labute approximate surface area is 126 Å². The fourth-order valence-corrected chi connectivity index (χ4v) is 3.51. The van der Waals surface area contributed by atoms with Crippen LogP contribution < -0.4 is 5.32 Å². The van der Waals surface area contributed by atoms with Crippen molar-refractivity contribution in [2.24, 2.45) is 5.41 Å². The van der Waals surface area contributed by atoms with Gasteiger partial charge in [0.05, 0.1) is 19.3 Å². The first kappa shape index (κ1) is 16.0. The van der Waals surface area contributed by atoms with E-state index in [0.29, 0.717) is 25.2 Å². The molecule has 1 unspecified atom stereocenters. The van der Waals surface area contributed by atoms with E-state index in [1.54, 1.807) is 11.3 Å². The van der Waals surface area contributed by atoms with Crippen molar-refractivity contribution >= 4 is 11.3 Å². The van der Waals surface area contributed by atoms with Crippen LogP contribution in [0.25, 0.3) is 0 Å². The van der Waals surface area contributed by atoms with Crippen molar-refractivity contribution < 1.29 is 9.84 Å². The summed E-state index contributed by atoms with van der Waals surface area (Å²) in [6.45, 7) is 5.00. The van der Waals surface area contributed by atoms with E-state index in [2.05, 4.69) is 18.3 Å². The van der Waals surface area contributed by atoms with Gasteiger partial charge in [0.25, 0.3) is 0 Å². The van der Waals surface area contributed by atoms with Crippen molar-refractivity contribution in [3.63, 3.8) is 0 Å². The summed E-state index contributed by atoms with van der Waals surface area (Å²) in [6, 6.07) is 4.07. The van der Waals surface area contributed by atoms with Crippen LogP contribution in [-0.2, 0) is 11.3 Å². The number of thiophene rings is 1. The molecule has 0 saturated heterocycles. The second-order valence-electron chi connectivity index (χ2n) is 6.25. The Bertz CT molecular complexity index is 361. The molecular weight excluding hydrogens is 270 g/mol. The molecular formula is C16H27NO2S. The molecule has 0 aliphatic heterocycles. The Morgan fingerprint density at radius 1 is 1.40 bits per heavy atom. The molecule has 2 rings (SSSR count). The van der Waals surface area contributed by atoms with Crippen LogP contribution in [0.1, 0.15) is 43.9 Å². The van der Waals surface area contributed by atoms with E-state index in [9.17, 15) is 5.11 Å². The third-order valence-electron chi connectivity index (χ3n) is 4.13. The van der Waals surface area contributed by atoms with Crippen LogP contribution in [0, 0.1) is 5.41 Å². The van der Waals surface area contributed by atoms with E-state index in [1.807, 2.05) is 11.4 Å². The number of hydrogen-bond acceptors (Lipinski definition) is 4. The zero-order valence-corrected chi connectivity index (χ0v) is 13.3. The van der Waals surface area contributed by atoms with E-state index >= 15 is 0 Å². The summed E-state index contributed by atoms with van der Waals surface area (Å²) in [4.78, 5) is 1.21. The molecule has 3 nitrogen and oxygen atoms in total. The monoisotopic (exact) mass is 297 g/mol. The third-order valence-corrected chi connectivity index (χ3v) is 4.98. The predicted octanol–water partition coefficient (Wildman–Crippen LogP) is 3.19. The average molecular weight is 297 g/mol. The standard InChI is InChI=1S/C16H27NO2S/c1-16(7-3-2-4-8-16)13-17-10-14(18)11-19-12-15-6-5-9-20-15/h5-6,9,14,17-18H,2-4,7-8,10-13H2,1H3. The number of ether oxygens (including phenoxy) is 1. The molecule has 1 saturated carbocycles. The maximum absolute atomic E-state index is 9.91. The van der Waals surface area contributed by atoms with Crippen molar-refractivity contribution in [1.82, 2.24) is 5.32 Å². The van der Waals surface area contributed by atoms with Crippen LogP contribution in [0.15, 0.2) is 17.5 Å². The normalized spacial score (nSPS) is 19.9. The zero-order valence-electron chi connectivity index (χ0n) is 12.4. The van der Waals surface area contributed by atoms with E-state index in [4.69, 9.17) is 4.74 Å². The van der Waals surface area contributed by atoms with Crippen molar-refractivity contribution in [3.8, 4) is 0 Å². The van der Waals surface area contributed by atoms with Crippen molar-refractivity contribution in [1.29, 1.82) is 0 Å². The molecule has 0 spiro atoms. The van der Waals surface area contributed by atoms with Gasteiger partial charge in [0.15, 0.2) is 0 Å². The Morgan fingerprint density at radius 2 is 2.20 bits per heavy atom. The Balaban J connectivity index is 1.54. The lowest BCUT2D eigenvalue weighted by Gasteiger charge is -2.34. The molecule has 0 aromatic carbocycles. The Hall–Kier alpha value is -0.420. The number of aliphatic hydroxyl groups excluding tert-OH is 1. The molecule has 1 aromatic rings. The highest BCUT2D eigenvalue weighted by Crippen LogP contribution is 2.34. The van der Waals surface area contributed by atoms with E-state index in [1.165, 1.54) is 37.0 Å². The minimum Gasteiger partial charge on any atom is -0.389 e. The van der Waals surface area contributed by atoms with Gasteiger partial charge in [0.2, 0.25) is 0 Å². The highest BCUT2D eigenvalue weighted by molar-refractivity contribution is 7.09. The van der Waals surface area contributed by atoms with Gasteiger partial charge in [-0.1, -0.05) is 32.3 Å². The first-order valence-corrected chi connectivity index (χ1v) is 8.55. The van der Waals surface area contributed by atoms with Crippen LogP contribution in [0.3, 0.4) is 0 Å². The number of aliphatic hydroxyl groups is 1. The minimum absolute atomic E-state index is 0.404. The van der Waals surface area contributed by atoms with Gasteiger partial charge in [-0.2, -0.15) is 0 Å². The SMILES string of the molecule is CC1(CNCC(O)COCc2cccs2)CCCCC1. The maximum Gasteiger partial charge on any atom is 0.0897 e. The average Bonchev–Trinajstić information content (AvgIpc) is 2.92. The van der Waals surface area contributed by atoms with Crippen LogP contribution in [0.2, 0.25) is 0 Å². The number of nitrogens with one attached hydrogen (secondary N) is 1. The van der Waals surface area contributed by atoms with Gasteiger partial charge in [-0.25, -0.2) is 0 Å². The summed E-state index contributed by atoms with van der Waals surface area (Å²) in [6.07, 6.45) is 6.29. The summed E-state index contributed by atoms with van der Waals surface area (Å²) in [7, 11) is 0. The van der Waals surface area contributed by atoms with E-state index < -0.39 is 6.10 Å². The maximum atomic E-state index is 9.91. The lowest BCUT2D eigenvalue weighted by atomic mass is 9.76. The molecule has 114 valence electrons. The first-order valence-electron chi connectivity index (χ1n) is 7.67. The molecule has 0 amide bonds. The van der Waals surface area contributed by atoms with E-state index in [0.717, 1.165) is 6.54 Å². The summed E-state index contributed by atoms with van der Waals surface area (Å²) in [5, 5.41) is 15.4. The van der Waals surface area contributed by atoms with E-state index in [-0.39, 0.29) is 0 Å². The molecule has 1 fully saturated rings. The summed E-state index contributed by atoms with van der Waals surface area (Å²) in [5.74, 6) is 0. The predicted molar refractivity (Wildman–Crippen MR) is 84.0 cm³/mol. The molecule has 2 N–H and O–H groups in total. The largest absolute Gasteiger partial charge is 0.389 e. The van der Waals surface area contributed by atoms with Gasteiger partial charge in [0, 0.05) is 18.0 Å². The molecule has 20 heavy (non-hydrogen) atoms. The van der Waals surface area contributed by atoms with Crippen LogP contribution >= 0.6 is 11.3 Å². The van der Waals surface area contributed by atoms with Crippen LogP contribution in [-0.4, -0.2) is 30.9 Å². The number of rotatable bonds is 8. The Kier molecular flexibility index (Phi) is 6.49. The van der Waals surface area contributed by atoms with Gasteiger partial charge >= 0.3 is 0 Å². The topological polar surface area (TPSA) is 41.5 Å². The molecule has 0 radical (unpaired) electrons. The highest BCUT2D eigenvalue weighted by Gasteiger charge is 2.26. The third kappa shape index (κ3) is 5.52. The lowest BCUT2D eigenvalue weighted by Crippen LogP contribution is -2.38. The molecule has 4 heteroatoms. The fraction of sp³-hybridized carbons (Fsp3) is 0.750. The lowest BCUT2D eigenvalue weighted by molar-refractivity contribution is 0.0281. The molecule has 1 aromatic heterocycles. The highest BCUT2D eigenvalue weighted by atomic mass is 32.1. The second-order valence-corrected chi connectivity index (χ2v) is 7.28. The summed E-state index contributed by atoms with van der Waals surface area (Å²) >= 11 is 1.69. The molecule has 1 aliphatic rings. The van der Waals surface area contributed by atoms with Crippen LogP contribution in [0.5, 0.6) is 0 Å². The molecule has 1 heterocycles. The summed E-state index contributed by atoms with van der Waals surface area (Å²) < 4.78 is 5.53. The van der Waals surface area contributed by atoms with Gasteiger partial charge in [-0.15, -0.1) is 11.3 Å². The van der Waals surface area contributed by atoms with Crippen molar-refractivity contribution in [3.05, 3.63) is 22.4 Å². The van der Waals surface area contributed by atoms with Crippen molar-refractivity contribution in [2.75, 3.05) is 19.7 Å². The molecule has 1 aliphatic carbocycles. The van der Waals surface area contributed by atoms with Gasteiger partial charge in [0.1, 0.15) is 0 Å². The summed E-state index contributed by atoms with van der Waals surface area (Å²) in [5.41, 5.74) is 0.426. The quantitative estimate of drug-likeness (QED) is 0.774. The Morgan fingerprint density at radius 3 is 2.90 bits per heavy atom. The molecule has 1 atom stereocenters. The number of hydrogen-bond donors (Lipinski definition) is 2. The molecule has 0 bridgehead atoms. The van der Waals surface area contributed by atoms with Gasteiger partial charge in [-0.3, -0.25) is 0 Å². The van der Waals surface area contributed by atoms with Gasteiger partial charge in [-0.05, 0) is 29.7 Å². The smallest absolute Gasteiger partial charge is 0.0897 e. The van der Waals surface area contributed by atoms with Crippen molar-refractivity contribution in [2.45, 2.75) is 51.7 Å². The second kappa shape index (κ2) is 8.13. The fourth-order valence-electron chi connectivity index (χ4n) is 2.87. The van der Waals surface area contributed by atoms with Crippen LogP contribution in [0.4, 0.5) is 0 Å². The zero-order chi connectivity index (χ0) is 14.3.